The summed E-state index contributed by atoms with van der Waals surface area (Å²) in [7, 11) is 0. The number of hydrogen-bond acceptors (Lipinski definition) is 4. The molecule has 12 rings (SSSR count). The minimum Gasteiger partial charge on any atom is -0.456 e. The first kappa shape index (κ1) is 40.0. The van der Waals surface area contributed by atoms with Gasteiger partial charge in [0.2, 0.25) is 0 Å². The summed E-state index contributed by atoms with van der Waals surface area (Å²) in [6.45, 7) is 4.58. The molecule has 2 aromatic heterocycles. The molecule has 2 heterocycles. The van der Waals surface area contributed by atoms with Crippen LogP contribution in [0, 0.1) is 0 Å². The normalized spacial score (nSPS) is 11.7. The number of fused-ring (bicyclic) bond motifs is 6. The fraction of sp³-hybridized carbons (Fsp3) is 0.0476. The third-order valence-electron chi connectivity index (χ3n) is 13.3. The minimum atomic E-state index is -0.108. The van der Waals surface area contributed by atoms with Crippen LogP contribution in [0.3, 0.4) is 0 Å². The molecule has 0 unspecified atom stereocenters. The quantitative estimate of drug-likeness (QED) is 0.137. The highest BCUT2D eigenvalue weighted by atomic mass is 16.3. The van der Waals surface area contributed by atoms with Gasteiger partial charge in [-0.05, 0) is 112 Å². The van der Waals surface area contributed by atoms with E-state index in [4.69, 9.17) is 8.83 Å². The van der Waals surface area contributed by atoms with Crippen molar-refractivity contribution in [3.8, 4) is 22.3 Å². The van der Waals surface area contributed by atoms with E-state index in [-0.39, 0.29) is 5.41 Å². The first-order valence-corrected chi connectivity index (χ1v) is 22.9. The first-order chi connectivity index (χ1) is 32.9. The first-order valence-electron chi connectivity index (χ1n) is 22.9. The van der Waals surface area contributed by atoms with Gasteiger partial charge in [-0.25, -0.2) is 0 Å². The fourth-order valence-corrected chi connectivity index (χ4v) is 9.73. The molecule has 10 aromatic carbocycles. The van der Waals surface area contributed by atoms with Gasteiger partial charge in [0.15, 0.2) is 0 Å². The van der Waals surface area contributed by atoms with Crippen LogP contribution in [0.4, 0.5) is 34.1 Å². The van der Waals surface area contributed by atoms with Crippen molar-refractivity contribution in [3.63, 3.8) is 0 Å². The van der Waals surface area contributed by atoms with E-state index in [1.165, 1.54) is 22.3 Å². The highest BCUT2D eigenvalue weighted by molar-refractivity contribution is 6.07. The van der Waals surface area contributed by atoms with Gasteiger partial charge in [0.05, 0.1) is 0 Å². The Kier molecular flexibility index (Phi) is 9.80. The van der Waals surface area contributed by atoms with Crippen LogP contribution in [0.25, 0.3) is 66.1 Å². The van der Waals surface area contributed by atoms with Crippen molar-refractivity contribution in [3.05, 3.63) is 254 Å². The largest absolute Gasteiger partial charge is 0.456 e. The van der Waals surface area contributed by atoms with Crippen LogP contribution in [-0.4, -0.2) is 0 Å². The molecule has 12 aromatic rings. The lowest BCUT2D eigenvalue weighted by atomic mass is 9.78. The van der Waals surface area contributed by atoms with Gasteiger partial charge in [-0.15, -0.1) is 0 Å². The number of anilines is 6. The molecule has 0 saturated heterocycles. The van der Waals surface area contributed by atoms with Crippen LogP contribution in [0.1, 0.15) is 25.0 Å². The van der Waals surface area contributed by atoms with E-state index in [9.17, 15) is 0 Å². The number of furan rings is 2. The summed E-state index contributed by atoms with van der Waals surface area (Å²) < 4.78 is 13.0. The lowest BCUT2D eigenvalue weighted by Gasteiger charge is -2.30. The van der Waals surface area contributed by atoms with Crippen molar-refractivity contribution in [2.45, 2.75) is 19.3 Å². The van der Waals surface area contributed by atoms with Gasteiger partial charge < -0.3 is 18.6 Å². The summed E-state index contributed by atoms with van der Waals surface area (Å²) >= 11 is 0. The summed E-state index contributed by atoms with van der Waals surface area (Å²) in [6.07, 6.45) is 0. The minimum absolute atomic E-state index is 0.108. The molecule has 4 heteroatoms. The smallest absolute Gasteiger partial charge is 0.137 e. The number of rotatable bonds is 10. The number of hydrogen-bond donors (Lipinski definition) is 0. The Morgan fingerprint density at radius 2 is 0.642 bits per heavy atom. The van der Waals surface area contributed by atoms with Gasteiger partial charge in [-0.2, -0.15) is 0 Å². The van der Waals surface area contributed by atoms with Crippen LogP contribution in [0.2, 0.25) is 0 Å². The number of benzene rings is 10. The Hall–Kier alpha value is -8.60. The summed E-state index contributed by atoms with van der Waals surface area (Å²) in [6, 6.07) is 86.5. The van der Waals surface area contributed by atoms with Crippen molar-refractivity contribution in [1.29, 1.82) is 0 Å². The van der Waals surface area contributed by atoms with E-state index in [0.717, 1.165) is 89.1 Å². The van der Waals surface area contributed by atoms with Crippen molar-refractivity contribution in [2.75, 3.05) is 9.80 Å². The SMILES string of the molecule is CC(C)(c1ccccc1)c1ccc(-c2ccc(-c3cc(N(c4ccccc4)c4ccc5c(c4)oc4ccccc45)cc(N(c4ccccc4)c4ccc5c(c4)oc4ccccc45)c3)cc2)cc1. The van der Waals surface area contributed by atoms with E-state index in [1.54, 1.807) is 0 Å². The molecular weight excluding hydrogens is 817 g/mol. The van der Waals surface area contributed by atoms with E-state index >= 15 is 0 Å². The molecule has 0 aliphatic rings. The molecule has 0 aliphatic carbocycles. The third-order valence-corrected chi connectivity index (χ3v) is 13.3. The second-order valence-corrected chi connectivity index (χ2v) is 17.8. The van der Waals surface area contributed by atoms with Crippen LogP contribution in [-0.2, 0) is 5.41 Å². The summed E-state index contributed by atoms with van der Waals surface area (Å²) in [4.78, 5) is 4.66. The molecule has 320 valence electrons. The van der Waals surface area contributed by atoms with E-state index < -0.39 is 0 Å². The van der Waals surface area contributed by atoms with Crippen LogP contribution >= 0.6 is 0 Å². The molecule has 4 nitrogen and oxygen atoms in total. The maximum absolute atomic E-state index is 6.49. The summed E-state index contributed by atoms with van der Waals surface area (Å²) in [5.41, 5.74) is 16.5. The third kappa shape index (κ3) is 7.30. The second-order valence-electron chi connectivity index (χ2n) is 17.8. The van der Waals surface area contributed by atoms with Gasteiger partial charge in [0.25, 0.3) is 0 Å². The zero-order valence-electron chi connectivity index (χ0n) is 37.3. The van der Waals surface area contributed by atoms with Crippen LogP contribution in [0.15, 0.2) is 251 Å². The van der Waals surface area contributed by atoms with Crippen LogP contribution in [0.5, 0.6) is 0 Å². The van der Waals surface area contributed by atoms with Crippen LogP contribution < -0.4 is 9.80 Å². The molecule has 0 saturated carbocycles. The van der Waals surface area contributed by atoms with Crippen molar-refractivity contribution >= 4 is 78.0 Å². The highest BCUT2D eigenvalue weighted by Gasteiger charge is 2.24. The molecule has 0 bridgehead atoms. The molecule has 67 heavy (non-hydrogen) atoms. The van der Waals surface area contributed by atoms with E-state index in [2.05, 4.69) is 242 Å². The Bertz CT molecular complexity index is 3530. The van der Waals surface area contributed by atoms with Gasteiger partial charge in [0, 0.05) is 73.2 Å². The molecule has 0 aliphatic heterocycles. The Morgan fingerprint density at radius 3 is 1.12 bits per heavy atom. The average Bonchev–Trinajstić information content (AvgIpc) is 3.95. The van der Waals surface area contributed by atoms with E-state index in [0.29, 0.717) is 0 Å². The average molecular weight is 863 g/mol. The Morgan fingerprint density at radius 1 is 0.269 bits per heavy atom. The lowest BCUT2D eigenvalue weighted by molar-refractivity contribution is 0.641. The maximum atomic E-state index is 6.49. The fourth-order valence-electron chi connectivity index (χ4n) is 9.73. The van der Waals surface area contributed by atoms with Gasteiger partial charge in [0.1, 0.15) is 22.3 Å². The van der Waals surface area contributed by atoms with Gasteiger partial charge in [-0.3, -0.25) is 0 Å². The van der Waals surface area contributed by atoms with E-state index in [1.807, 2.05) is 24.3 Å². The topological polar surface area (TPSA) is 32.8 Å². The monoisotopic (exact) mass is 862 g/mol. The second kappa shape index (κ2) is 16.4. The molecule has 0 radical (unpaired) electrons. The maximum Gasteiger partial charge on any atom is 0.137 e. The zero-order valence-corrected chi connectivity index (χ0v) is 37.3. The summed E-state index contributed by atoms with van der Waals surface area (Å²) in [5, 5.41) is 4.39. The Labute approximate surface area is 390 Å². The van der Waals surface area contributed by atoms with Gasteiger partial charge >= 0.3 is 0 Å². The van der Waals surface area contributed by atoms with Crippen molar-refractivity contribution in [2.24, 2.45) is 0 Å². The van der Waals surface area contributed by atoms with Crippen molar-refractivity contribution < 1.29 is 8.83 Å². The lowest BCUT2D eigenvalue weighted by Crippen LogP contribution is -2.18. The highest BCUT2D eigenvalue weighted by Crippen LogP contribution is 2.45. The zero-order chi connectivity index (χ0) is 44.9. The van der Waals surface area contributed by atoms with Gasteiger partial charge in [-0.1, -0.05) is 166 Å². The number of nitrogens with zero attached hydrogens (tertiary/aromatic N) is 2. The molecule has 0 spiro atoms. The molecule has 0 atom stereocenters. The standard InChI is InChI=1S/C63H46N2O2/c1-63(2,47-16-6-3-7-17-47)48-32-30-44(31-33-48)43-26-28-45(29-27-43)46-38-53(64(49-18-8-4-9-19-49)51-34-36-57-55-22-12-14-24-59(55)66-61(57)41-51)40-54(39-46)65(50-20-10-5-11-21-50)52-35-37-58-56-23-13-15-25-60(56)67-62(58)42-52/h3-42H,1-2H3. The summed E-state index contributed by atoms with van der Waals surface area (Å²) in [5.74, 6) is 0. The number of para-hydroxylation sites is 4. The Balaban J connectivity index is 1.02. The molecule has 0 fully saturated rings. The molecule has 0 amide bonds. The predicted molar refractivity (Wildman–Crippen MR) is 280 cm³/mol. The predicted octanol–water partition coefficient (Wildman–Crippen LogP) is 18.1. The van der Waals surface area contributed by atoms with Crippen molar-refractivity contribution in [1.82, 2.24) is 0 Å². The molecule has 0 N–H and O–H groups in total. The molecular formula is C63H46N2O2.